The van der Waals surface area contributed by atoms with Gasteiger partial charge in [-0.05, 0) is 42.8 Å². The summed E-state index contributed by atoms with van der Waals surface area (Å²) in [6.07, 6.45) is 5.14. The zero-order chi connectivity index (χ0) is 23.1. The van der Waals surface area contributed by atoms with Crippen LogP contribution in [0.25, 0.3) is 5.65 Å². The molecule has 2 N–H and O–H groups in total. The number of nitrogen functional groups attached to an aromatic ring is 1. The van der Waals surface area contributed by atoms with E-state index in [4.69, 9.17) is 12.2 Å². The molecule has 2 aliphatic rings. The number of hydrogen-bond donors (Lipinski definition) is 1. The summed E-state index contributed by atoms with van der Waals surface area (Å²) in [5, 5.41) is 4.99. The van der Waals surface area contributed by atoms with E-state index in [-0.39, 0.29) is 22.9 Å². The Hall–Kier alpha value is -3.07. The molecule has 0 radical (unpaired) electrons. The summed E-state index contributed by atoms with van der Waals surface area (Å²) in [7, 11) is 0. The molecule has 4 heterocycles. The number of hydrogen-bond acceptors (Lipinski definition) is 8. The highest BCUT2D eigenvalue weighted by Gasteiger charge is 2.56. The lowest BCUT2D eigenvalue weighted by Gasteiger charge is -2.45. The molecule has 1 saturated carbocycles. The Morgan fingerprint density at radius 3 is 2.81 bits per heavy atom. The Kier molecular flexibility index (Phi) is 5.62. The highest BCUT2D eigenvalue weighted by atomic mass is 32.1. The van der Waals surface area contributed by atoms with Crippen molar-refractivity contribution in [2.45, 2.75) is 26.4 Å². The molecule has 170 valence electrons. The fourth-order valence-corrected chi connectivity index (χ4v) is 5.14. The predicted molar refractivity (Wildman–Crippen MR) is 114 cm³/mol. The van der Waals surface area contributed by atoms with Gasteiger partial charge in [-0.2, -0.15) is 22.5 Å². The summed E-state index contributed by atoms with van der Waals surface area (Å²) in [5.41, 5.74) is 6.62. The number of nitrogens with two attached hydrogens (primary N) is 1. The number of terminal acetylenes is 1. The van der Waals surface area contributed by atoms with E-state index in [1.54, 1.807) is 11.5 Å². The zero-order valence-electron chi connectivity index (χ0n) is 17.5. The van der Waals surface area contributed by atoms with Crippen molar-refractivity contribution >= 4 is 28.1 Å². The molecule has 8 nitrogen and oxygen atoms in total. The quantitative estimate of drug-likeness (QED) is 0.594. The summed E-state index contributed by atoms with van der Waals surface area (Å²) in [6.45, 7) is 5.07. The van der Waals surface area contributed by atoms with Crippen LogP contribution in [0.3, 0.4) is 0 Å². The normalized spacial score (nSPS) is 24.3. The number of halogens is 3. The number of rotatable bonds is 3. The van der Waals surface area contributed by atoms with Crippen molar-refractivity contribution in [1.29, 1.82) is 0 Å². The van der Waals surface area contributed by atoms with E-state index in [9.17, 15) is 13.2 Å². The first-order chi connectivity index (χ1) is 15.1. The van der Waals surface area contributed by atoms with Crippen LogP contribution in [0.2, 0.25) is 0 Å². The summed E-state index contributed by atoms with van der Waals surface area (Å²) in [5.74, 6) is 4.21. The molecule has 0 amide bonds. The standard InChI is InChI=1S/C13H16N2S.C7H6F3N5O/c1-4-13-6-9(2)11(13)7-15(8-13)12-5-10(3)14-16-12;8-7(9,10)3-16-5-4-13-6(11)14-15(4)2-1-12-5/h1,5,9,11H,6-8H2,2-3H3;1-2H,3H2,(H2,11,14). The maximum atomic E-state index is 11.9. The van der Waals surface area contributed by atoms with Gasteiger partial charge in [0.25, 0.3) is 5.88 Å². The van der Waals surface area contributed by atoms with E-state index in [1.165, 1.54) is 28.3 Å². The van der Waals surface area contributed by atoms with E-state index >= 15 is 0 Å². The molecule has 3 aromatic heterocycles. The third-order valence-corrected chi connectivity index (χ3v) is 6.74. The smallest absolute Gasteiger partial charge is 0.422 e. The van der Waals surface area contributed by atoms with Crippen molar-refractivity contribution in [3.63, 3.8) is 0 Å². The molecule has 3 aromatic rings. The third-order valence-electron chi connectivity index (χ3n) is 5.80. The minimum Gasteiger partial charge on any atom is -0.465 e. The number of nitrogens with zero attached hydrogens (tertiary/aromatic N) is 6. The second kappa shape index (κ2) is 8.12. The molecule has 32 heavy (non-hydrogen) atoms. The number of anilines is 2. The highest BCUT2D eigenvalue weighted by molar-refractivity contribution is 7.10. The molecule has 5 rings (SSSR count). The minimum absolute atomic E-state index is 0.0456. The SMILES string of the molecule is C#CC12CC(C)C1CN(c1cc(C)ns1)C2.Nc1nc2c(OCC(F)(F)F)nccn2n1. The fourth-order valence-electron chi connectivity index (χ4n) is 4.37. The third kappa shape index (κ3) is 4.29. The number of aryl methyl sites for hydroxylation is 1. The van der Waals surface area contributed by atoms with Crippen LogP contribution in [0.5, 0.6) is 5.88 Å². The number of fused-ring (bicyclic) bond motifs is 2. The van der Waals surface area contributed by atoms with Crippen LogP contribution in [0.15, 0.2) is 18.5 Å². The first-order valence-electron chi connectivity index (χ1n) is 9.93. The Morgan fingerprint density at radius 2 is 2.22 bits per heavy atom. The van der Waals surface area contributed by atoms with Gasteiger partial charge in [-0.3, -0.25) is 0 Å². The lowest BCUT2D eigenvalue weighted by molar-refractivity contribution is -0.153. The average Bonchev–Trinajstić information content (AvgIpc) is 3.40. The minimum atomic E-state index is -4.43. The Bertz CT molecular complexity index is 1150. The molecule has 3 unspecified atom stereocenters. The predicted octanol–water partition coefficient (Wildman–Crippen LogP) is 3.19. The highest BCUT2D eigenvalue weighted by Crippen LogP contribution is 2.56. The van der Waals surface area contributed by atoms with Crippen molar-refractivity contribution in [3.8, 4) is 18.2 Å². The van der Waals surface area contributed by atoms with Crippen LogP contribution >= 0.6 is 11.5 Å². The molecule has 3 atom stereocenters. The number of alkyl halides is 3. The molecular weight excluding hydrogens is 443 g/mol. The fraction of sp³-hybridized carbons (Fsp3) is 0.500. The molecular formula is C20H22F3N7OS. The molecule has 0 spiro atoms. The van der Waals surface area contributed by atoms with Gasteiger partial charge in [0.2, 0.25) is 11.6 Å². The van der Waals surface area contributed by atoms with Crippen LogP contribution in [0, 0.1) is 36.5 Å². The van der Waals surface area contributed by atoms with Crippen molar-refractivity contribution < 1.29 is 17.9 Å². The van der Waals surface area contributed by atoms with Gasteiger partial charge in [-0.1, -0.05) is 12.8 Å². The second-order valence-corrected chi connectivity index (χ2v) is 8.93. The van der Waals surface area contributed by atoms with Crippen LogP contribution in [-0.4, -0.2) is 49.8 Å². The van der Waals surface area contributed by atoms with E-state index in [2.05, 4.69) is 48.0 Å². The van der Waals surface area contributed by atoms with Gasteiger partial charge < -0.3 is 15.4 Å². The van der Waals surface area contributed by atoms with Crippen molar-refractivity contribution in [3.05, 3.63) is 24.2 Å². The van der Waals surface area contributed by atoms with E-state index in [0.29, 0.717) is 5.92 Å². The molecule has 0 aromatic carbocycles. The second-order valence-electron chi connectivity index (χ2n) is 8.15. The van der Waals surface area contributed by atoms with E-state index in [0.717, 1.165) is 24.7 Å². The zero-order valence-corrected chi connectivity index (χ0v) is 18.3. The maximum absolute atomic E-state index is 11.9. The first-order valence-corrected chi connectivity index (χ1v) is 10.7. The summed E-state index contributed by atoms with van der Waals surface area (Å²) in [6, 6.07) is 2.17. The summed E-state index contributed by atoms with van der Waals surface area (Å²) < 4.78 is 45.8. The van der Waals surface area contributed by atoms with Gasteiger partial charge in [-0.25, -0.2) is 9.50 Å². The van der Waals surface area contributed by atoms with Crippen LogP contribution < -0.4 is 15.4 Å². The Morgan fingerprint density at radius 1 is 1.44 bits per heavy atom. The van der Waals surface area contributed by atoms with Gasteiger partial charge in [0, 0.05) is 25.5 Å². The van der Waals surface area contributed by atoms with Crippen LogP contribution in [0.4, 0.5) is 24.1 Å². The van der Waals surface area contributed by atoms with Crippen molar-refractivity contribution in [2.75, 3.05) is 30.3 Å². The van der Waals surface area contributed by atoms with Gasteiger partial charge in [-0.15, -0.1) is 11.5 Å². The van der Waals surface area contributed by atoms with Crippen LogP contribution in [-0.2, 0) is 0 Å². The summed E-state index contributed by atoms with van der Waals surface area (Å²) >= 11 is 1.60. The van der Waals surface area contributed by atoms with Gasteiger partial charge in [0.15, 0.2) is 6.61 Å². The lowest BCUT2D eigenvalue weighted by atomic mass is 9.56. The van der Waals surface area contributed by atoms with Crippen molar-refractivity contribution in [2.24, 2.45) is 17.3 Å². The Balaban J connectivity index is 0.000000153. The Labute approximate surface area is 186 Å². The van der Waals surface area contributed by atoms with Gasteiger partial charge in [0.1, 0.15) is 5.00 Å². The lowest BCUT2D eigenvalue weighted by Crippen LogP contribution is -2.44. The summed E-state index contributed by atoms with van der Waals surface area (Å²) in [4.78, 5) is 9.74. The number of aromatic nitrogens is 5. The van der Waals surface area contributed by atoms with Gasteiger partial charge in [0.05, 0.1) is 11.1 Å². The molecule has 2 fully saturated rings. The van der Waals surface area contributed by atoms with Gasteiger partial charge >= 0.3 is 6.18 Å². The largest absolute Gasteiger partial charge is 0.465 e. The molecule has 1 aliphatic carbocycles. The molecule has 1 aliphatic heterocycles. The topological polar surface area (TPSA) is 94.5 Å². The van der Waals surface area contributed by atoms with E-state index in [1.807, 2.05) is 6.92 Å². The molecule has 0 bridgehead atoms. The van der Waals surface area contributed by atoms with Crippen molar-refractivity contribution in [1.82, 2.24) is 24.0 Å². The van der Waals surface area contributed by atoms with Crippen LogP contribution in [0.1, 0.15) is 19.0 Å². The first kappa shape index (κ1) is 22.1. The molecule has 1 saturated heterocycles. The molecule has 12 heteroatoms. The maximum Gasteiger partial charge on any atom is 0.422 e. The van der Waals surface area contributed by atoms with E-state index < -0.39 is 12.8 Å². The monoisotopic (exact) mass is 465 g/mol. The number of ether oxygens (including phenoxy) is 1. The average molecular weight is 466 g/mol.